The molecule has 1 aliphatic rings. The summed E-state index contributed by atoms with van der Waals surface area (Å²) in [6.45, 7) is 3.72. The highest BCUT2D eigenvalue weighted by atomic mass is 16.1. The first-order valence-electron chi connectivity index (χ1n) is 8.33. The first kappa shape index (κ1) is 16.4. The third kappa shape index (κ3) is 4.08. The van der Waals surface area contributed by atoms with Gasteiger partial charge >= 0.3 is 0 Å². The van der Waals surface area contributed by atoms with Crippen LogP contribution in [-0.4, -0.2) is 47.5 Å². The third-order valence-electron chi connectivity index (χ3n) is 4.30. The number of nitrogens with one attached hydrogen (secondary N) is 2. The molecule has 0 spiro atoms. The molecule has 2 aromatic rings. The molecule has 0 radical (unpaired) electrons. The van der Waals surface area contributed by atoms with Crippen LogP contribution in [0.1, 0.15) is 28.0 Å². The predicted octanol–water partition coefficient (Wildman–Crippen LogP) is 1.70. The molecule has 2 heterocycles. The SMILES string of the molecule is CNc1cc(C(=O)NCCCN2CCc3ccccc3C2)ncn1. The zero-order valence-corrected chi connectivity index (χ0v) is 14.0. The van der Waals surface area contributed by atoms with Crippen LogP contribution in [0.15, 0.2) is 36.7 Å². The maximum absolute atomic E-state index is 12.1. The topological polar surface area (TPSA) is 70.2 Å². The Morgan fingerprint density at radius 1 is 1.25 bits per heavy atom. The molecule has 0 saturated heterocycles. The molecule has 3 rings (SSSR count). The second-order valence-corrected chi connectivity index (χ2v) is 5.94. The number of fused-ring (bicyclic) bond motifs is 1. The molecule has 1 aliphatic heterocycles. The lowest BCUT2D eigenvalue weighted by molar-refractivity contribution is 0.0946. The van der Waals surface area contributed by atoms with E-state index in [1.807, 2.05) is 0 Å². The second kappa shape index (κ2) is 7.88. The molecule has 0 unspecified atom stereocenters. The molecule has 0 fully saturated rings. The smallest absolute Gasteiger partial charge is 0.270 e. The minimum Gasteiger partial charge on any atom is -0.373 e. The van der Waals surface area contributed by atoms with E-state index in [1.54, 1.807) is 13.1 Å². The first-order chi connectivity index (χ1) is 11.8. The van der Waals surface area contributed by atoms with Crippen LogP contribution in [-0.2, 0) is 13.0 Å². The Bertz CT molecular complexity index is 703. The van der Waals surface area contributed by atoms with E-state index in [0.29, 0.717) is 18.1 Å². The molecule has 0 aliphatic carbocycles. The van der Waals surface area contributed by atoms with E-state index < -0.39 is 0 Å². The number of benzene rings is 1. The summed E-state index contributed by atoms with van der Waals surface area (Å²) in [6.07, 6.45) is 3.43. The van der Waals surface area contributed by atoms with Crippen molar-refractivity contribution in [1.29, 1.82) is 0 Å². The number of carbonyl (C=O) groups excluding carboxylic acids is 1. The molecule has 0 bridgehead atoms. The van der Waals surface area contributed by atoms with Gasteiger partial charge in [-0.05, 0) is 24.0 Å². The van der Waals surface area contributed by atoms with Crippen LogP contribution in [0.4, 0.5) is 5.82 Å². The molecule has 126 valence electrons. The van der Waals surface area contributed by atoms with Crippen LogP contribution < -0.4 is 10.6 Å². The minimum absolute atomic E-state index is 0.155. The van der Waals surface area contributed by atoms with Gasteiger partial charge in [0.15, 0.2) is 0 Å². The molecular weight excluding hydrogens is 302 g/mol. The fraction of sp³-hybridized carbons (Fsp3) is 0.389. The molecular formula is C18H23N5O. The van der Waals surface area contributed by atoms with Crippen LogP contribution >= 0.6 is 0 Å². The van der Waals surface area contributed by atoms with Gasteiger partial charge in [0.05, 0.1) is 0 Å². The van der Waals surface area contributed by atoms with Crippen molar-refractivity contribution in [3.05, 3.63) is 53.5 Å². The zero-order valence-electron chi connectivity index (χ0n) is 14.0. The van der Waals surface area contributed by atoms with Crippen LogP contribution in [0, 0.1) is 0 Å². The second-order valence-electron chi connectivity index (χ2n) is 5.94. The first-order valence-corrected chi connectivity index (χ1v) is 8.33. The lowest BCUT2D eigenvalue weighted by Gasteiger charge is -2.28. The average Bonchev–Trinajstić information content (AvgIpc) is 2.65. The van der Waals surface area contributed by atoms with Crippen molar-refractivity contribution in [1.82, 2.24) is 20.2 Å². The number of rotatable bonds is 6. The highest BCUT2D eigenvalue weighted by Gasteiger charge is 2.15. The molecule has 0 saturated carbocycles. The van der Waals surface area contributed by atoms with Gasteiger partial charge in [0.1, 0.15) is 17.8 Å². The number of aromatic nitrogens is 2. The predicted molar refractivity (Wildman–Crippen MR) is 94.0 cm³/mol. The summed E-state index contributed by atoms with van der Waals surface area (Å²) in [5.41, 5.74) is 3.28. The number of anilines is 1. The summed E-state index contributed by atoms with van der Waals surface area (Å²) in [7, 11) is 1.76. The Balaban J connectivity index is 1.42. The largest absolute Gasteiger partial charge is 0.373 e. The van der Waals surface area contributed by atoms with Gasteiger partial charge in [-0.3, -0.25) is 9.69 Å². The van der Waals surface area contributed by atoms with Crippen LogP contribution in [0.25, 0.3) is 0 Å². The van der Waals surface area contributed by atoms with E-state index in [0.717, 1.165) is 32.5 Å². The van der Waals surface area contributed by atoms with Gasteiger partial charge in [0, 0.05) is 39.3 Å². The Kier molecular flexibility index (Phi) is 5.38. The van der Waals surface area contributed by atoms with Crippen LogP contribution in [0.2, 0.25) is 0 Å². The Morgan fingerprint density at radius 2 is 2.08 bits per heavy atom. The molecule has 2 N–H and O–H groups in total. The van der Waals surface area contributed by atoms with E-state index in [2.05, 4.69) is 49.8 Å². The van der Waals surface area contributed by atoms with E-state index in [1.165, 1.54) is 17.5 Å². The summed E-state index contributed by atoms with van der Waals surface area (Å²) < 4.78 is 0. The molecule has 24 heavy (non-hydrogen) atoms. The van der Waals surface area contributed by atoms with Gasteiger partial charge in [-0.15, -0.1) is 0 Å². The molecule has 1 amide bonds. The molecule has 1 aromatic carbocycles. The number of nitrogens with zero attached hydrogens (tertiary/aromatic N) is 3. The normalized spacial score (nSPS) is 14.0. The lowest BCUT2D eigenvalue weighted by Crippen LogP contribution is -2.33. The minimum atomic E-state index is -0.155. The summed E-state index contributed by atoms with van der Waals surface area (Å²) in [5.74, 6) is 0.486. The summed E-state index contributed by atoms with van der Waals surface area (Å²) in [4.78, 5) is 22.5. The summed E-state index contributed by atoms with van der Waals surface area (Å²) in [6, 6.07) is 10.3. The van der Waals surface area contributed by atoms with Gasteiger partial charge in [-0.2, -0.15) is 0 Å². The lowest BCUT2D eigenvalue weighted by atomic mass is 10.00. The van der Waals surface area contributed by atoms with Crippen molar-refractivity contribution >= 4 is 11.7 Å². The third-order valence-corrected chi connectivity index (χ3v) is 4.30. The van der Waals surface area contributed by atoms with E-state index in [9.17, 15) is 4.79 Å². The monoisotopic (exact) mass is 325 g/mol. The summed E-state index contributed by atoms with van der Waals surface area (Å²) in [5, 5.41) is 5.83. The van der Waals surface area contributed by atoms with Crippen molar-refractivity contribution in [2.24, 2.45) is 0 Å². The highest BCUT2D eigenvalue weighted by molar-refractivity contribution is 5.92. The number of hydrogen-bond acceptors (Lipinski definition) is 5. The fourth-order valence-electron chi connectivity index (χ4n) is 2.96. The Hall–Kier alpha value is -2.47. The van der Waals surface area contributed by atoms with Gasteiger partial charge in [0.2, 0.25) is 0 Å². The quantitative estimate of drug-likeness (QED) is 0.791. The van der Waals surface area contributed by atoms with Crippen molar-refractivity contribution in [2.45, 2.75) is 19.4 Å². The molecule has 6 heteroatoms. The van der Waals surface area contributed by atoms with Crippen molar-refractivity contribution in [3.8, 4) is 0 Å². The van der Waals surface area contributed by atoms with E-state index in [4.69, 9.17) is 0 Å². The van der Waals surface area contributed by atoms with Crippen molar-refractivity contribution in [2.75, 3.05) is 32.0 Å². The van der Waals surface area contributed by atoms with Crippen LogP contribution in [0.5, 0.6) is 0 Å². The van der Waals surface area contributed by atoms with E-state index >= 15 is 0 Å². The fourth-order valence-corrected chi connectivity index (χ4v) is 2.96. The number of hydrogen-bond donors (Lipinski definition) is 2. The molecule has 0 atom stereocenters. The zero-order chi connectivity index (χ0) is 16.8. The maximum Gasteiger partial charge on any atom is 0.270 e. The highest BCUT2D eigenvalue weighted by Crippen LogP contribution is 2.18. The van der Waals surface area contributed by atoms with Gasteiger partial charge < -0.3 is 10.6 Å². The van der Waals surface area contributed by atoms with Gasteiger partial charge in [-0.1, -0.05) is 24.3 Å². The summed E-state index contributed by atoms with van der Waals surface area (Å²) >= 11 is 0. The number of amides is 1. The standard InChI is InChI=1S/C18H23N5O/c1-19-17-11-16(21-13-22-17)18(24)20-8-4-9-23-10-7-14-5-2-3-6-15(14)12-23/h2-3,5-6,11,13H,4,7-10,12H2,1H3,(H,20,24)(H,19,21,22). The Morgan fingerprint density at radius 3 is 2.92 bits per heavy atom. The molecule has 6 nitrogen and oxygen atoms in total. The van der Waals surface area contributed by atoms with Crippen molar-refractivity contribution < 1.29 is 4.79 Å². The molecule has 1 aromatic heterocycles. The number of carbonyl (C=O) groups is 1. The maximum atomic E-state index is 12.1. The van der Waals surface area contributed by atoms with Crippen LogP contribution in [0.3, 0.4) is 0 Å². The van der Waals surface area contributed by atoms with Gasteiger partial charge in [-0.25, -0.2) is 9.97 Å². The van der Waals surface area contributed by atoms with E-state index in [-0.39, 0.29) is 5.91 Å². The van der Waals surface area contributed by atoms with Crippen molar-refractivity contribution in [3.63, 3.8) is 0 Å². The average molecular weight is 325 g/mol. The Labute approximate surface area is 142 Å². The van der Waals surface area contributed by atoms with Gasteiger partial charge in [0.25, 0.3) is 5.91 Å².